The third-order valence-electron chi connectivity index (χ3n) is 5.01. The Hall–Kier alpha value is -3.57. The number of carbonyl (C=O) groups is 2. The van der Waals surface area contributed by atoms with Crippen LogP contribution in [0.4, 0.5) is 14.5 Å². The van der Waals surface area contributed by atoms with Crippen LogP contribution in [0.15, 0.2) is 47.0 Å². The highest BCUT2D eigenvalue weighted by atomic mass is 28.3. The lowest BCUT2D eigenvalue weighted by Crippen LogP contribution is -2.41. The lowest BCUT2D eigenvalue weighted by molar-refractivity contribution is -0.118. The van der Waals surface area contributed by atoms with E-state index in [4.69, 9.17) is 9.26 Å². The molecule has 2 amide bonds. The second-order valence-corrected chi connectivity index (χ2v) is 13.7. The second kappa shape index (κ2) is 10.1. The first-order valence-electron chi connectivity index (χ1n) is 10.3. The Labute approximate surface area is 195 Å². The third-order valence-corrected chi connectivity index (χ3v) is 7.00. The zero-order valence-corrected chi connectivity index (χ0v) is 20.1. The van der Waals surface area contributed by atoms with Gasteiger partial charge in [-0.3, -0.25) is 9.59 Å². The smallest absolute Gasteiger partial charge is 0.290 e. The van der Waals surface area contributed by atoms with Crippen LogP contribution in [0.3, 0.4) is 0 Å². The highest BCUT2D eigenvalue weighted by Crippen LogP contribution is 2.22. The number of amides is 2. The van der Waals surface area contributed by atoms with E-state index >= 15 is 0 Å². The monoisotopic (exact) mass is 489 g/mol. The van der Waals surface area contributed by atoms with Crippen molar-refractivity contribution in [3.05, 3.63) is 71.0 Å². The molecule has 11 heteroatoms. The fourth-order valence-electron chi connectivity index (χ4n) is 3.27. The fourth-order valence-corrected chi connectivity index (χ4v) is 4.62. The standard InChI is InChI=1S/C23H25F2N3O5Si/c1-32-12-13-5-7-14(8-6-13)21(27-22(30)18-11-20(29)28-33-18)23(31)26-17-9-16(25)19(10-15(17)24)34(2,3)4/h5-11,21H,12H2,1-4H3,(H,26,31)(H,27,30)(H,28,29)/t21-/m1/s1. The fraction of sp³-hybridized carbons (Fsp3) is 0.261. The predicted molar refractivity (Wildman–Crippen MR) is 123 cm³/mol. The number of rotatable bonds is 8. The van der Waals surface area contributed by atoms with Crippen molar-refractivity contribution in [2.24, 2.45) is 0 Å². The van der Waals surface area contributed by atoms with Crippen molar-refractivity contribution in [2.75, 3.05) is 12.4 Å². The summed E-state index contributed by atoms with van der Waals surface area (Å²) in [5.41, 5.74) is 0.845. The number of carbonyl (C=O) groups excluding carboxylic acids is 2. The van der Waals surface area contributed by atoms with E-state index in [1.807, 2.05) is 19.6 Å². The molecule has 0 aliphatic rings. The molecule has 0 spiro atoms. The first-order valence-corrected chi connectivity index (χ1v) is 13.8. The molecular weight excluding hydrogens is 464 g/mol. The molecule has 3 aromatic rings. The molecule has 0 bridgehead atoms. The number of nitrogens with zero attached hydrogens (tertiary/aromatic N) is 1. The lowest BCUT2D eigenvalue weighted by atomic mass is 10.0. The van der Waals surface area contributed by atoms with E-state index in [2.05, 4.69) is 15.8 Å². The van der Waals surface area contributed by atoms with E-state index in [0.29, 0.717) is 17.4 Å². The Balaban J connectivity index is 1.91. The maximum absolute atomic E-state index is 14.7. The molecule has 0 aliphatic heterocycles. The van der Waals surface area contributed by atoms with Gasteiger partial charge in [0, 0.05) is 13.2 Å². The highest BCUT2D eigenvalue weighted by molar-refractivity contribution is 6.88. The van der Waals surface area contributed by atoms with Crippen molar-refractivity contribution < 1.29 is 32.7 Å². The molecule has 0 radical (unpaired) electrons. The van der Waals surface area contributed by atoms with Gasteiger partial charge in [0.15, 0.2) is 0 Å². The highest BCUT2D eigenvalue weighted by Gasteiger charge is 2.28. The number of aromatic hydroxyl groups is 1. The van der Waals surface area contributed by atoms with Crippen LogP contribution in [0.5, 0.6) is 5.88 Å². The van der Waals surface area contributed by atoms with Gasteiger partial charge in [0.1, 0.15) is 17.7 Å². The molecule has 3 rings (SSSR count). The molecule has 0 saturated carbocycles. The molecule has 0 aliphatic carbocycles. The largest absolute Gasteiger partial charge is 0.491 e. The summed E-state index contributed by atoms with van der Waals surface area (Å²) in [5.74, 6) is -3.88. The Morgan fingerprint density at radius 1 is 1.12 bits per heavy atom. The summed E-state index contributed by atoms with van der Waals surface area (Å²) in [6, 6.07) is 8.33. The van der Waals surface area contributed by atoms with Gasteiger partial charge in [0.2, 0.25) is 5.76 Å². The number of hydrogen-bond acceptors (Lipinski definition) is 6. The third kappa shape index (κ3) is 5.86. The number of halogens is 2. The quantitative estimate of drug-likeness (QED) is 0.418. The molecule has 8 nitrogen and oxygen atoms in total. The zero-order valence-electron chi connectivity index (χ0n) is 19.1. The van der Waals surface area contributed by atoms with Gasteiger partial charge in [-0.25, -0.2) is 8.78 Å². The topological polar surface area (TPSA) is 114 Å². The summed E-state index contributed by atoms with van der Waals surface area (Å²) in [4.78, 5) is 25.7. The van der Waals surface area contributed by atoms with E-state index in [-0.39, 0.29) is 11.4 Å². The lowest BCUT2D eigenvalue weighted by Gasteiger charge is -2.21. The Bertz CT molecular complexity index is 1190. The molecule has 180 valence electrons. The SMILES string of the molecule is COCc1ccc([C@@H](NC(=O)c2cc(O)no2)C(=O)Nc2cc(F)c([Si](C)(C)C)cc2F)cc1. The van der Waals surface area contributed by atoms with E-state index < -0.39 is 43.4 Å². The Kier molecular flexibility index (Phi) is 7.47. The molecule has 1 aromatic heterocycles. The number of nitrogens with one attached hydrogen (secondary N) is 2. The first kappa shape index (κ1) is 25.1. The van der Waals surface area contributed by atoms with Crippen molar-refractivity contribution in [2.45, 2.75) is 32.3 Å². The van der Waals surface area contributed by atoms with Crippen molar-refractivity contribution in [1.29, 1.82) is 0 Å². The van der Waals surface area contributed by atoms with Gasteiger partial charge < -0.3 is 25.0 Å². The normalized spacial score (nSPS) is 12.3. The van der Waals surface area contributed by atoms with Crippen LogP contribution in [0.1, 0.15) is 27.7 Å². The van der Waals surface area contributed by atoms with Crippen LogP contribution in [0.25, 0.3) is 0 Å². The van der Waals surface area contributed by atoms with Crippen molar-refractivity contribution in [1.82, 2.24) is 10.5 Å². The summed E-state index contributed by atoms with van der Waals surface area (Å²) in [7, 11) is -0.608. The van der Waals surface area contributed by atoms with E-state index in [0.717, 1.165) is 23.8 Å². The first-order chi connectivity index (χ1) is 16.0. The summed E-state index contributed by atoms with van der Waals surface area (Å²) >= 11 is 0. The van der Waals surface area contributed by atoms with Gasteiger partial charge in [-0.1, -0.05) is 43.9 Å². The van der Waals surface area contributed by atoms with E-state index in [1.54, 1.807) is 24.3 Å². The maximum Gasteiger partial charge on any atom is 0.290 e. The molecule has 1 heterocycles. The molecule has 0 unspecified atom stereocenters. The minimum absolute atomic E-state index is 0.298. The van der Waals surface area contributed by atoms with E-state index in [1.165, 1.54) is 7.11 Å². The van der Waals surface area contributed by atoms with Crippen molar-refractivity contribution >= 4 is 30.8 Å². The minimum atomic E-state index is -2.15. The summed E-state index contributed by atoms with van der Waals surface area (Å²) < 4.78 is 39.2. The molecule has 0 saturated heterocycles. The molecule has 2 aromatic carbocycles. The number of aromatic nitrogens is 1. The van der Waals surface area contributed by atoms with Crippen LogP contribution in [-0.2, 0) is 16.1 Å². The van der Waals surface area contributed by atoms with Crippen LogP contribution < -0.4 is 15.8 Å². The maximum atomic E-state index is 14.7. The van der Waals surface area contributed by atoms with Gasteiger partial charge in [0.05, 0.1) is 26.4 Å². The van der Waals surface area contributed by atoms with Gasteiger partial charge in [0.25, 0.3) is 17.7 Å². The number of anilines is 1. The number of methoxy groups -OCH3 is 1. The molecule has 0 fully saturated rings. The van der Waals surface area contributed by atoms with Gasteiger partial charge in [-0.2, -0.15) is 0 Å². The Morgan fingerprint density at radius 3 is 2.35 bits per heavy atom. The molecular formula is C23H25F2N3O5Si. The van der Waals surface area contributed by atoms with Crippen LogP contribution >= 0.6 is 0 Å². The number of hydrogen-bond donors (Lipinski definition) is 3. The summed E-state index contributed by atoms with van der Waals surface area (Å²) in [6.45, 7) is 5.98. The van der Waals surface area contributed by atoms with Crippen LogP contribution in [-0.4, -0.2) is 37.3 Å². The average molecular weight is 490 g/mol. The number of ether oxygens (including phenoxy) is 1. The minimum Gasteiger partial charge on any atom is -0.491 e. The number of benzene rings is 2. The van der Waals surface area contributed by atoms with Gasteiger partial charge >= 0.3 is 0 Å². The van der Waals surface area contributed by atoms with Crippen LogP contribution in [0, 0.1) is 11.6 Å². The average Bonchev–Trinajstić information content (AvgIpc) is 3.20. The summed E-state index contributed by atoms with van der Waals surface area (Å²) in [5, 5.41) is 17.7. The van der Waals surface area contributed by atoms with Crippen molar-refractivity contribution in [3.8, 4) is 5.88 Å². The summed E-state index contributed by atoms with van der Waals surface area (Å²) in [6.07, 6.45) is 0. The van der Waals surface area contributed by atoms with Gasteiger partial charge in [-0.15, -0.1) is 0 Å². The van der Waals surface area contributed by atoms with Crippen molar-refractivity contribution in [3.63, 3.8) is 0 Å². The van der Waals surface area contributed by atoms with E-state index in [9.17, 15) is 23.5 Å². The van der Waals surface area contributed by atoms with Gasteiger partial charge in [-0.05, 0) is 27.5 Å². The molecule has 34 heavy (non-hydrogen) atoms. The Morgan fingerprint density at radius 2 is 1.79 bits per heavy atom. The zero-order chi connectivity index (χ0) is 25.0. The second-order valence-electron chi connectivity index (χ2n) is 8.68. The molecule has 1 atom stereocenters. The van der Waals surface area contributed by atoms with Crippen LogP contribution in [0.2, 0.25) is 19.6 Å². The predicted octanol–water partition coefficient (Wildman–Crippen LogP) is 3.46. The molecule has 3 N–H and O–H groups in total.